The van der Waals surface area contributed by atoms with E-state index < -0.39 is 0 Å². The molecule has 1 aliphatic carbocycles. The summed E-state index contributed by atoms with van der Waals surface area (Å²) in [4.78, 5) is 5.26. The van der Waals surface area contributed by atoms with Gasteiger partial charge in [-0.1, -0.05) is 19.8 Å². The highest BCUT2D eigenvalue weighted by molar-refractivity contribution is 4.89. The van der Waals surface area contributed by atoms with Crippen LogP contribution in [0.5, 0.6) is 0 Å². The second-order valence-corrected chi connectivity index (χ2v) is 6.26. The van der Waals surface area contributed by atoms with E-state index in [0.717, 1.165) is 12.5 Å². The van der Waals surface area contributed by atoms with E-state index in [4.69, 9.17) is 5.73 Å². The molecule has 0 radical (unpaired) electrons. The number of nitrogens with two attached hydrogens (primary N) is 1. The van der Waals surface area contributed by atoms with Gasteiger partial charge in [0.2, 0.25) is 0 Å². The Morgan fingerprint density at radius 3 is 2.50 bits per heavy atom. The zero-order valence-corrected chi connectivity index (χ0v) is 12.3. The summed E-state index contributed by atoms with van der Waals surface area (Å²) in [7, 11) is 2.26. The Balaban J connectivity index is 2.05. The summed E-state index contributed by atoms with van der Waals surface area (Å²) in [5, 5.41) is 0. The van der Waals surface area contributed by atoms with Crippen molar-refractivity contribution >= 4 is 0 Å². The molecule has 2 N–H and O–H groups in total. The summed E-state index contributed by atoms with van der Waals surface area (Å²) in [5.41, 5.74) is 6.13. The third-order valence-corrected chi connectivity index (χ3v) is 5.03. The van der Waals surface area contributed by atoms with Crippen LogP contribution in [0.3, 0.4) is 0 Å². The lowest BCUT2D eigenvalue weighted by Gasteiger charge is -2.39. The first-order chi connectivity index (χ1) is 8.76. The van der Waals surface area contributed by atoms with Gasteiger partial charge >= 0.3 is 0 Å². The molecule has 0 bridgehead atoms. The summed E-state index contributed by atoms with van der Waals surface area (Å²) >= 11 is 0. The van der Waals surface area contributed by atoms with Gasteiger partial charge in [-0.25, -0.2) is 0 Å². The molecule has 0 aromatic carbocycles. The molecule has 3 nitrogen and oxygen atoms in total. The lowest BCUT2D eigenvalue weighted by Crippen LogP contribution is -2.51. The molecular formula is C15H31N3. The van der Waals surface area contributed by atoms with E-state index in [0.29, 0.717) is 12.1 Å². The predicted molar refractivity (Wildman–Crippen MR) is 77.7 cm³/mol. The van der Waals surface area contributed by atoms with Crippen molar-refractivity contribution in [3.8, 4) is 0 Å². The van der Waals surface area contributed by atoms with Gasteiger partial charge in [0.15, 0.2) is 0 Å². The first-order valence-corrected chi connectivity index (χ1v) is 7.90. The molecular weight excluding hydrogens is 222 g/mol. The van der Waals surface area contributed by atoms with E-state index >= 15 is 0 Å². The number of rotatable bonds is 4. The Labute approximate surface area is 113 Å². The first-order valence-electron chi connectivity index (χ1n) is 7.90. The van der Waals surface area contributed by atoms with Crippen molar-refractivity contribution in [3.05, 3.63) is 0 Å². The maximum atomic E-state index is 6.13. The van der Waals surface area contributed by atoms with Crippen molar-refractivity contribution in [3.63, 3.8) is 0 Å². The van der Waals surface area contributed by atoms with Crippen LogP contribution in [0.4, 0.5) is 0 Å². The standard InChI is InChI=1S/C15H31N3/c1-3-14-12-17(2)9-6-10-18(14)15(11-16)13-7-4-5-8-13/h13-15H,3-12,16H2,1-2H3. The fourth-order valence-electron chi connectivity index (χ4n) is 4.00. The van der Waals surface area contributed by atoms with Crippen molar-refractivity contribution in [2.24, 2.45) is 11.7 Å². The molecule has 2 rings (SSSR count). The molecule has 2 atom stereocenters. The number of likely N-dealkylation sites (N-methyl/N-ethyl adjacent to an activating group) is 1. The summed E-state index contributed by atoms with van der Waals surface area (Å²) in [6.45, 7) is 6.90. The Kier molecular flexibility index (Phi) is 5.46. The minimum atomic E-state index is 0.643. The molecule has 0 amide bonds. The van der Waals surface area contributed by atoms with Crippen LogP contribution in [0.15, 0.2) is 0 Å². The monoisotopic (exact) mass is 253 g/mol. The minimum Gasteiger partial charge on any atom is -0.329 e. The fourth-order valence-corrected chi connectivity index (χ4v) is 4.00. The minimum absolute atomic E-state index is 0.643. The normalized spacial score (nSPS) is 30.5. The van der Waals surface area contributed by atoms with Gasteiger partial charge in [-0.2, -0.15) is 0 Å². The maximum Gasteiger partial charge on any atom is 0.0250 e. The molecule has 1 heterocycles. The first kappa shape index (κ1) is 14.3. The zero-order chi connectivity index (χ0) is 13.0. The summed E-state index contributed by atoms with van der Waals surface area (Å²) < 4.78 is 0. The van der Waals surface area contributed by atoms with Gasteiger partial charge in [0, 0.05) is 31.7 Å². The van der Waals surface area contributed by atoms with Gasteiger partial charge in [-0.05, 0) is 45.2 Å². The third-order valence-electron chi connectivity index (χ3n) is 5.03. The Bertz CT molecular complexity index is 238. The fraction of sp³-hybridized carbons (Fsp3) is 1.00. The number of hydrogen-bond donors (Lipinski definition) is 1. The Morgan fingerprint density at radius 2 is 1.89 bits per heavy atom. The molecule has 106 valence electrons. The molecule has 18 heavy (non-hydrogen) atoms. The van der Waals surface area contributed by atoms with Crippen molar-refractivity contribution in [2.75, 3.05) is 33.2 Å². The van der Waals surface area contributed by atoms with Gasteiger partial charge in [0.05, 0.1) is 0 Å². The molecule has 2 unspecified atom stereocenters. The molecule has 2 aliphatic rings. The lowest BCUT2D eigenvalue weighted by atomic mass is 9.94. The van der Waals surface area contributed by atoms with Crippen LogP contribution in [0, 0.1) is 5.92 Å². The van der Waals surface area contributed by atoms with E-state index in [2.05, 4.69) is 23.8 Å². The van der Waals surface area contributed by atoms with Crippen LogP contribution in [-0.2, 0) is 0 Å². The lowest BCUT2D eigenvalue weighted by molar-refractivity contribution is 0.0938. The summed E-state index contributed by atoms with van der Waals surface area (Å²) in [5.74, 6) is 0.868. The molecule has 2 fully saturated rings. The van der Waals surface area contributed by atoms with Gasteiger partial charge < -0.3 is 10.6 Å². The van der Waals surface area contributed by atoms with E-state index in [1.54, 1.807) is 0 Å². The molecule has 1 saturated carbocycles. The molecule has 3 heteroatoms. The molecule has 1 aliphatic heterocycles. The third kappa shape index (κ3) is 3.25. The average molecular weight is 253 g/mol. The summed E-state index contributed by atoms with van der Waals surface area (Å²) in [6.07, 6.45) is 8.22. The highest BCUT2D eigenvalue weighted by Crippen LogP contribution is 2.31. The van der Waals surface area contributed by atoms with Crippen LogP contribution in [-0.4, -0.2) is 55.1 Å². The van der Waals surface area contributed by atoms with Crippen LogP contribution < -0.4 is 5.73 Å². The molecule has 0 aromatic rings. The molecule has 0 spiro atoms. The Hall–Kier alpha value is -0.120. The van der Waals surface area contributed by atoms with Crippen molar-refractivity contribution in [1.82, 2.24) is 9.80 Å². The maximum absolute atomic E-state index is 6.13. The van der Waals surface area contributed by atoms with Gasteiger partial charge in [0.25, 0.3) is 0 Å². The molecule has 0 aromatic heterocycles. The number of nitrogens with zero attached hydrogens (tertiary/aromatic N) is 2. The smallest absolute Gasteiger partial charge is 0.0250 e. The quantitative estimate of drug-likeness (QED) is 0.831. The average Bonchev–Trinajstić information content (AvgIpc) is 2.82. The number of hydrogen-bond acceptors (Lipinski definition) is 3. The van der Waals surface area contributed by atoms with Crippen molar-refractivity contribution in [1.29, 1.82) is 0 Å². The largest absolute Gasteiger partial charge is 0.329 e. The van der Waals surface area contributed by atoms with Crippen LogP contribution in [0.1, 0.15) is 45.4 Å². The topological polar surface area (TPSA) is 32.5 Å². The predicted octanol–water partition coefficient (Wildman–Crippen LogP) is 1.92. The van der Waals surface area contributed by atoms with Gasteiger partial charge in [-0.3, -0.25) is 4.90 Å². The van der Waals surface area contributed by atoms with Crippen molar-refractivity contribution < 1.29 is 0 Å². The summed E-state index contributed by atoms with van der Waals surface area (Å²) in [6, 6.07) is 1.36. The van der Waals surface area contributed by atoms with E-state index in [1.807, 2.05) is 0 Å². The van der Waals surface area contributed by atoms with Crippen LogP contribution >= 0.6 is 0 Å². The van der Waals surface area contributed by atoms with E-state index in [9.17, 15) is 0 Å². The Morgan fingerprint density at radius 1 is 1.17 bits per heavy atom. The van der Waals surface area contributed by atoms with E-state index in [-0.39, 0.29) is 0 Å². The van der Waals surface area contributed by atoms with Gasteiger partial charge in [-0.15, -0.1) is 0 Å². The van der Waals surface area contributed by atoms with Crippen LogP contribution in [0.25, 0.3) is 0 Å². The SMILES string of the molecule is CCC1CN(C)CCCN1C(CN)C1CCCC1. The highest BCUT2D eigenvalue weighted by atomic mass is 15.3. The van der Waals surface area contributed by atoms with E-state index in [1.165, 1.54) is 58.2 Å². The van der Waals surface area contributed by atoms with Crippen molar-refractivity contribution in [2.45, 2.75) is 57.5 Å². The van der Waals surface area contributed by atoms with Crippen LogP contribution in [0.2, 0.25) is 0 Å². The zero-order valence-electron chi connectivity index (χ0n) is 12.3. The molecule has 1 saturated heterocycles. The highest BCUT2D eigenvalue weighted by Gasteiger charge is 2.33. The van der Waals surface area contributed by atoms with Gasteiger partial charge in [0.1, 0.15) is 0 Å². The second kappa shape index (κ2) is 6.88. The second-order valence-electron chi connectivity index (χ2n) is 6.26.